The van der Waals surface area contributed by atoms with Crippen LogP contribution in [0.15, 0.2) is 38.3 Å². The molecule has 0 bridgehead atoms. The van der Waals surface area contributed by atoms with E-state index in [2.05, 4.69) is 31.2 Å². The number of aromatic nitrogens is 4. The van der Waals surface area contributed by atoms with Gasteiger partial charge >= 0.3 is 5.69 Å². The Morgan fingerprint density at radius 3 is 2.79 bits per heavy atom. The Balaban J connectivity index is 1.86. The van der Waals surface area contributed by atoms with Crippen molar-refractivity contribution in [1.82, 2.24) is 19.1 Å². The van der Waals surface area contributed by atoms with Crippen molar-refractivity contribution in [3.05, 3.63) is 55.1 Å². The lowest BCUT2D eigenvalue weighted by Crippen LogP contribution is -2.43. The highest BCUT2D eigenvalue weighted by atomic mass is 79.9. The van der Waals surface area contributed by atoms with Crippen molar-refractivity contribution >= 4 is 33.0 Å². The van der Waals surface area contributed by atoms with E-state index in [1.807, 2.05) is 28.8 Å². The van der Waals surface area contributed by atoms with Gasteiger partial charge in [0.05, 0.1) is 6.54 Å². The molecule has 4 N–H and O–H groups in total. The summed E-state index contributed by atoms with van der Waals surface area (Å²) in [6.07, 6.45) is 4.14. The molecule has 0 unspecified atom stereocenters. The summed E-state index contributed by atoms with van der Waals surface area (Å²) < 4.78 is 4.13. The van der Waals surface area contributed by atoms with E-state index in [4.69, 9.17) is 5.73 Å². The summed E-state index contributed by atoms with van der Waals surface area (Å²) in [6, 6.07) is 7.95. The zero-order valence-corrected chi connectivity index (χ0v) is 17.2. The first kappa shape index (κ1) is 18.9. The van der Waals surface area contributed by atoms with Crippen molar-refractivity contribution in [1.29, 1.82) is 0 Å². The zero-order chi connectivity index (χ0) is 19.8. The lowest BCUT2D eigenvalue weighted by molar-refractivity contribution is 0.401. The number of nitrogens with two attached hydrogens (primary N) is 1. The summed E-state index contributed by atoms with van der Waals surface area (Å²) in [5.74, 6) is 0.555. The summed E-state index contributed by atoms with van der Waals surface area (Å²) in [4.78, 5) is 31.6. The van der Waals surface area contributed by atoms with Crippen LogP contribution in [0, 0.1) is 0 Å². The van der Waals surface area contributed by atoms with E-state index in [1.54, 1.807) is 7.05 Å². The summed E-state index contributed by atoms with van der Waals surface area (Å²) in [5.41, 5.74) is 7.10. The fourth-order valence-corrected chi connectivity index (χ4v) is 4.21. The van der Waals surface area contributed by atoms with Gasteiger partial charge in [-0.1, -0.05) is 47.0 Å². The van der Waals surface area contributed by atoms with Gasteiger partial charge in [0.15, 0.2) is 11.2 Å². The van der Waals surface area contributed by atoms with Crippen LogP contribution in [-0.4, -0.2) is 31.2 Å². The van der Waals surface area contributed by atoms with Gasteiger partial charge in [0.2, 0.25) is 5.95 Å². The SMILES string of the molecule is Cn1c(=O)[nH]c(=O)c2c1nc(N[C@@H]1CCCC[C@@H]1N)n2Cc1ccccc1Br. The van der Waals surface area contributed by atoms with E-state index in [9.17, 15) is 9.59 Å². The molecule has 4 rings (SSSR count). The first-order valence-corrected chi connectivity index (χ1v) is 10.2. The predicted molar refractivity (Wildman–Crippen MR) is 113 cm³/mol. The smallest absolute Gasteiger partial charge is 0.329 e. The molecular weight excluding hydrogens is 424 g/mol. The van der Waals surface area contributed by atoms with E-state index in [-0.39, 0.29) is 12.1 Å². The van der Waals surface area contributed by atoms with Crippen molar-refractivity contribution < 1.29 is 0 Å². The molecule has 0 radical (unpaired) electrons. The Morgan fingerprint density at radius 1 is 1.29 bits per heavy atom. The number of H-pyrrole nitrogens is 1. The van der Waals surface area contributed by atoms with Gasteiger partial charge in [0, 0.05) is 23.6 Å². The van der Waals surface area contributed by atoms with Crippen LogP contribution in [0.4, 0.5) is 5.95 Å². The van der Waals surface area contributed by atoms with Crippen molar-refractivity contribution in [2.75, 3.05) is 5.32 Å². The van der Waals surface area contributed by atoms with Crippen LogP contribution in [-0.2, 0) is 13.6 Å². The summed E-state index contributed by atoms with van der Waals surface area (Å²) in [7, 11) is 1.60. The van der Waals surface area contributed by atoms with Gasteiger partial charge in [-0.05, 0) is 24.5 Å². The first-order valence-electron chi connectivity index (χ1n) is 9.41. The second kappa shape index (κ2) is 7.56. The normalized spacial score (nSPS) is 19.8. The molecule has 0 amide bonds. The predicted octanol–water partition coefficient (Wildman–Crippen LogP) is 1.92. The van der Waals surface area contributed by atoms with Crippen molar-refractivity contribution in [2.45, 2.75) is 44.3 Å². The van der Waals surface area contributed by atoms with Crippen molar-refractivity contribution in [3.8, 4) is 0 Å². The van der Waals surface area contributed by atoms with Crippen molar-refractivity contribution in [2.24, 2.45) is 12.8 Å². The monoisotopic (exact) mass is 446 g/mol. The second-order valence-corrected chi connectivity index (χ2v) is 8.16. The maximum absolute atomic E-state index is 12.6. The molecular formula is C19H23BrN6O2. The van der Waals surface area contributed by atoms with Gasteiger partial charge in [-0.15, -0.1) is 0 Å². The number of hydrogen-bond donors (Lipinski definition) is 3. The number of fused-ring (bicyclic) bond motifs is 1. The molecule has 1 aromatic carbocycles. The highest BCUT2D eigenvalue weighted by molar-refractivity contribution is 9.10. The molecule has 8 nitrogen and oxygen atoms in total. The Hall–Kier alpha value is -2.39. The van der Waals surface area contributed by atoms with Crippen LogP contribution < -0.4 is 22.3 Å². The molecule has 0 spiro atoms. The number of anilines is 1. The number of aryl methyl sites for hydroxylation is 1. The minimum absolute atomic E-state index is 0.0348. The van der Waals surface area contributed by atoms with Crippen LogP contribution in [0.3, 0.4) is 0 Å². The van der Waals surface area contributed by atoms with Crippen LogP contribution in [0.1, 0.15) is 31.2 Å². The van der Waals surface area contributed by atoms with E-state index >= 15 is 0 Å². The molecule has 1 saturated carbocycles. The molecule has 0 saturated heterocycles. The summed E-state index contributed by atoms with van der Waals surface area (Å²) in [5, 5.41) is 3.45. The zero-order valence-electron chi connectivity index (χ0n) is 15.6. The molecule has 1 aliphatic rings. The Labute approximate surface area is 169 Å². The first-order chi connectivity index (χ1) is 13.5. The van der Waals surface area contributed by atoms with E-state index in [0.717, 1.165) is 35.7 Å². The van der Waals surface area contributed by atoms with Crippen LogP contribution in [0.2, 0.25) is 0 Å². The quantitative estimate of drug-likeness (QED) is 0.566. The Bertz CT molecular complexity index is 1130. The summed E-state index contributed by atoms with van der Waals surface area (Å²) >= 11 is 3.57. The number of hydrogen-bond acceptors (Lipinski definition) is 5. The number of imidazole rings is 1. The molecule has 1 aliphatic carbocycles. The minimum atomic E-state index is -0.482. The maximum Gasteiger partial charge on any atom is 0.329 e. The third-order valence-electron chi connectivity index (χ3n) is 5.43. The third kappa shape index (κ3) is 3.40. The molecule has 0 aliphatic heterocycles. The lowest BCUT2D eigenvalue weighted by atomic mass is 9.91. The fraction of sp³-hybridized carbons (Fsp3) is 0.421. The van der Waals surface area contributed by atoms with Crippen LogP contribution in [0.5, 0.6) is 0 Å². The largest absolute Gasteiger partial charge is 0.351 e. The standard InChI is InChI=1S/C19H23BrN6O2/c1-25-16-15(17(27)24-19(25)28)26(10-11-6-2-3-7-12(11)20)18(23-16)22-14-9-5-4-8-13(14)21/h2-3,6-7,13-14H,4-5,8-10,21H2,1H3,(H,22,23)(H,24,27,28)/t13-,14+/m0/s1. The van der Waals surface area contributed by atoms with Crippen LogP contribution in [0.25, 0.3) is 11.2 Å². The molecule has 9 heteroatoms. The maximum atomic E-state index is 12.6. The number of halogens is 1. The van der Waals surface area contributed by atoms with Gasteiger partial charge < -0.3 is 11.1 Å². The van der Waals surface area contributed by atoms with E-state index in [1.165, 1.54) is 4.57 Å². The molecule has 3 aromatic rings. The number of nitrogens with zero attached hydrogens (tertiary/aromatic N) is 3. The molecule has 28 heavy (non-hydrogen) atoms. The highest BCUT2D eigenvalue weighted by Crippen LogP contribution is 2.25. The third-order valence-corrected chi connectivity index (χ3v) is 6.20. The fourth-order valence-electron chi connectivity index (χ4n) is 3.80. The van der Waals surface area contributed by atoms with Gasteiger partial charge in [-0.3, -0.25) is 18.9 Å². The molecule has 2 heterocycles. The molecule has 148 valence electrons. The number of rotatable bonds is 4. The van der Waals surface area contributed by atoms with Gasteiger partial charge in [-0.25, -0.2) is 4.79 Å². The van der Waals surface area contributed by atoms with Gasteiger partial charge in [0.25, 0.3) is 5.56 Å². The number of benzene rings is 1. The van der Waals surface area contributed by atoms with E-state index in [0.29, 0.717) is 23.7 Å². The molecule has 1 fully saturated rings. The number of aromatic amines is 1. The summed E-state index contributed by atoms with van der Waals surface area (Å²) in [6.45, 7) is 0.434. The second-order valence-electron chi connectivity index (χ2n) is 7.30. The average molecular weight is 447 g/mol. The van der Waals surface area contributed by atoms with Crippen LogP contribution >= 0.6 is 15.9 Å². The average Bonchev–Trinajstić information content (AvgIpc) is 3.02. The van der Waals surface area contributed by atoms with E-state index < -0.39 is 11.2 Å². The van der Waals surface area contributed by atoms with Gasteiger partial charge in [0.1, 0.15) is 0 Å². The molecule has 2 aromatic heterocycles. The lowest BCUT2D eigenvalue weighted by Gasteiger charge is -2.29. The molecule has 2 atom stereocenters. The Kier molecular flexibility index (Phi) is 5.11. The highest BCUT2D eigenvalue weighted by Gasteiger charge is 2.25. The van der Waals surface area contributed by atoms with Gasteiger partial charge in [-0.2, -0.15) is 4.98 Å². The number of nitrogens with one attached hydrogen (secondary N) is 2. The minimum Gasteiger partial charge on any atom is -0.351 e. The topological polar surface area (TPSA) is 111 Å². The van der Waals surface area contributed by atoms with Crippen molar-refractivity contribution in [3.63, 3.8) is 0 Å². The Morgan fingerprint density at radius 2 is 2.04 bits per heavy atom.